The highest BCUT2D eigenvalue weighted by Crippen LogP contribution is 2.32. The van der Waals surface area contributed by atoms with E-state index >= 15 is 0 Å². The summed E-state index contributed by atoms with van der Waals surface area (Å²) in [6, 6.07) is 4.53. The Labute approximate surface area is 106 Å². The van der Waals surface area contributed by atoms with E-state index in [1.807, 2.05) is 0 Å². The van der Waals surface area contributed by atoms with Crippen molar-refractivity contribution in [3.8, 4) is 0 Å². The van der Waals surface area contributed by atoms with E-state index in [2.05, 4.69) is 9.97 Å². The van der Waals surface area contributed by atoms with Crippen LogP contribution in [0.25, 0.3) is 11.0 Å². The van der Waals surface area contributed by atoms with E-state index < -0.39 is 17.2 Å². The lowest BCUT2D eigenvalue weighted by Gasteiger charge is -2.35. The van der Waals surface area contributed by atoms with Crippen LogP contribution in [0.3, 0.4) is 0 Å². The van der Waals surface area contributed by atoms with Crippen molar-refractivity contribution in [2.75, 3.05) is 13.2 Å². The predicted molar refractivity (Wildman–Crippen MR) is 64.1 cm³/mol. The van der Waals surface area contributed by atoms with E-state index in [1.54, 1.807) is 6.07 Å². The van der Waals surface area contributed by atoms with Crippen molar-refractivity contribution in [3.05, 3.63) is 34.2 Å². The van der Waals surface area contributed by atoms with Crippen molar-refractivity contribution in [2.45, 2.75) is 0 Å². The Kier molecular flexibility index (Phi) is 2.33. The molecule has 1 fully saturated rings. The summed E-state index contributed by atoms with van der Waals surface area (Å²) in [7, 11) is 0. The highest BCUT2D eigenvalue weighted by Gasteiger charge is 2.53. The van der Waals surface area contributed by atoms with Gasteiger partial charge in [-0.3, -0.25) is 9.59 Å². The molecule has 3 N–H and O–H groups in total. The Morgan fingerprint density at radius 3 is 2.47 bits per heavy atom. The van der Waals surface area contributed by atoms with Gasteiger partial charge in [-0.05, 0) is 18.2 Å². The molecule has 1 saturated heterocycles. The van der Waals surface area contributed by atoms with E-state index in [9.17, 15) is 14.4 Å². The summed E-state index contributed by atoms with van der Waals surface area (Å²) in [5.41, 5.74) is -0.593. The molecule has 2 heterocycles. The molecule has 0 atom stereocenters. The fourth-order valence-electron chi connectivity index (χ4n) is 2.11. The van der Waals surface area contributed by atoms with Gasteiger partial charge in [-0.25, -0.2) is 4.79 Å². The van der Waals surface area contributed by atoms with Crippen molar-refractivity contribution in [1.82, 2.24) is 9.97 Å². The van der Waals surface area contributed by atoms with Gasteiger partial charge in [0.1, 0.15) is 0 Å². The monoisotopic (exact) mass is 262 g/mol. The third-order valence-corrected chi connectivity index (χ3v) is 3.32. The molecule has 0 spiro atoms. The van der Waals surface area contributed by atoms with E-state index in [0.29, 0.717) is 11.0 Å². The third kappa shape index (κ3) is 1.59. The van der Waals surface area contributed by atoms with Crippen LogP contribution in [0.1, 0.15) is 10.4 Å². The highest BCUT2D eigenvalue weighted by molar-refractivity contribution is 6.13. The van der Waals surface area contributed by atoms with E-state index in [0.717, 1.165) is 0 Å². The minimum absolute atomic E-state index is 0.122. The van der Waals surface area contributed by atoms with Gasteiger partial charge in [0.15, 0.2) is 11.2 Å². The lowest BCUT2D eigenvalue weighted by atomic mass is 9.78. The number of carboxylic acid groups (broad SMARTS) is 1. The number of ketones is 1. The Balaban J connectivity index is 2.06. The summed E-state index contributed by atoms with van der Waals surface area (Å²) in [6.45, 7) is -0.244. The second kappa shape index (κ2) is 3.79. The molecule has 2 aromatic rings. The van der Waals surface area contributed by atoms with Crippen LogP contribution < -0.4 is 5.69 Å². The Hall–Kier alpha value is -2.41. The number of hydrogen-bond donors (Lipinski definition) is 3. The third-order valence-electron chi connectivity index (χ3n) is 3.32. The van der Waals surface area contributed by atoms with Crippen LogP contribution >= 0.6 is 0 Å². The Bertz CT molecular complexity index is 738. The smallest absolute Gasteiger partial charge is 0.323 e. The number of carboxylic acids is 1. The number of imidazole rings is 1. The molecule has 98 valence electrons. The number of carbonyl (C=O) groups is 2. The first kappa shape index (κ1) is 11.7. The largest absolute Gasteiger partial charge is 0.480 e. The van der Waals surface area contributed by atoms with Gasteiger partial charge in [0.25, 0.3) is 0 Å². The fraction of sp³-hybridized carbons (Fsp3) is 0.250. The van der Waals surface area contributed by atoms with Crippen molar-refractivity contribution in [3.63, 3.8) is 0 Å². The average molecular weight is 262 g/mol. The zero-order valence-corrected chi connectivity index (χ0v) is 9.73. The normalized spacial score (nSPS) is 17.1. The summed E-state index contributed by atoms with van der Waals surface area (Å²) in [4.78, 5) is 39.7. The van der Waals surface area contributed by atoms with Crippen LogP contribution in [-0.4, -0.2) is 40.0 Å². The number of carbonyl (C=O) groups excluding carboxylic acids is 1. The van der Waals surface area contributed by atoms with E-state index in [4.69, 9.17) is 9.84 Å². The van der Waals surface area contributed by atoms with Gasteiger partial charge in [-0.15, -0.1) is 0 Å². The summed E-state index contributed by atoms with van der Waals surface area (Å²) in [6.07, 6.45) is 0. The first-order valence-electron chi connectivity index (χ1n) is 5.61. The SMILES string of the molecule is O=C(O)C1(C(=O)c2ccc3[nH]c(=O)[nH]c3c2)COC1. The molecule has 3 rings (SSSR count). The zero-order valence-electron chi connectivity index (χ0n) is 9.73. The molecule has 19 heavy (non-hydrogen) atoms. The minimum Gasteiger partial charge on any atom is -0.480 e. The number of nitrogens with one attached hydrogen (secondary N) is 2. The number of aromatic amines is 2. The number of benzene rings is 1. The molecular formula is C12H10N2O5. The lowest BCUT2D eigenvalue weighted by Crippen LogP contribution is -2.54. The van der Waals surface area contributed by atoms with Crippen LogP contribution in [0.4, 0.5) is 0 Å². The fourth-order valence-corrected chi connectivity index (χ4v) is 2.11. The van der Waals surface area contributed by atoms with Crippen molar-refractivity contribution in [2.24, 2.45) is 5.41 Å². The number of ether oxygens (including phenoxy) is 1. The summed E-state index contributed by atoms with van der Waals surface area (Å²) in [5, 5.41) is 9.17. The second-order valence-electron chi connectivity index (χ2n) is 4.55. The zero-order chi connectivity index (χ0) is 13.6. The van der Waals surface area contributed by atoms with Crippen LogP contribution in [0, 0.1) is 5.41 Å². The van der Waals surface area contributed by atoms with Crippen molar-refractivity contribution in [1.29, 1.82) is 0 Å². The van der Waals surface area contributed by atoms with Crippen LogP contribution in [0.15, 0.2) is 23.0 Å². The van der Waals surface area contributed by atoms with E-state index in [1.165, 1.54) is 12.1 Å². The quantitative estimate of drug-likeness (QED) is 0.538. The highest BCUT2D eigenvalue weighted by atomic mass is 16.5. The van der Waals surface area contributed by atoms with Crippen molar-refractivity contribution >= 4 is 22.8 Å². The van der Waals surface area contributed by atoms with Gasteiger partial charge in [0, 0.05) is 5.56 Å². The number of hydrogen-bond acceptors (Lipinski definition) is 4. The molecule has 0 unspecified atom stereocenters. The number of H-pyrrole nitrogens is 2. The number of rotatable bonds is 3. The molecular weight excluding hydrogens is 252 g/mol. The van der Waals surface area contributed by atoms with Gasteiger partial charge >= 0.3 is 11.7 Å². The molecule has 0 aliphatic carbocycles. The Morgan fingerprint density at radius 1 is 1.21 bits per heavy atom. The van der Waals surface area contributed by atoms with Crippen LogP contribution in [-0.2, 0) is 9.53 Å². The van der Waals surface area contributed by atoms with Gasteiger partial charge in [-0.2, -0.15) is 0 Å². The maximum atomic E-state index is 12.3. The molecule has 0 saturated carbocycles. The topological polar surface area (TPSA) is 112 Å². The second-order valence-corrected chi connectivity index (χ2v) is 4.55. The minimum atomic E-state index is -1.50. The predicted octanol–water partition coefficient (Wildman–Crippen LogP) is 0.140. The van der Waals surface area contributed by atoms with Gasteiger partial charge in [0.2, 0.25) is 0 Å². The lowest BCUT2D eigenvalue weighted by molar-refractivity contribution is -0.168. The first-order chi connectivity index (χ1) is 9.03. The molecule has 1 aromatic carbocycles. The van der Waals surface area contributed by atoms with Gasteiger partial charge in [-0.1, -0.05) is 0 Å². The van der Waals surface area contributed by atoms with Crippen molar-refractivity contribution < 1.29 is 19.4 Å². The molecule has 1 aromatic heterocycles. The van der Waals surface area contributed by atoms with Crippen LogP contribution in [0.5, 0.6) is 0 Å². The molecule has 7 heteroatoms. The maximum absolute atomic E-state index is 12.3. The summed E-state index contributed by atoms with van der Waals surface area (Å²) < 4.78 is 4.87. The molecule has 1 aliphatic rings. The average Bonchev–Trinajstić information content (AvgIpc) is 2.65. The molecule has 0 radical (unpaired) electrons. The summed E-state index contributed by atoms with van der Waals surface area (Å²) >= 11 is 0. The Morgan fingerprint density at radius 2 is 1.89 bits per heavy atom. The number of aliphatic carboxylic acids is 1. The molecule has 0 bridgehead atoms. The molecule has 0 amide bonds. The summed E-state index contributed by atoms with van der Waals surface area (Å²) in [5.74, 6) is -1.69. The van der Waals surface area contributed by atoms with Crippen LogP contribution in [0.2, 0.25) is 0 Å². The maximum Gasteiger partial charge on any atom is 0.323 e. The number of Topliss-reactive ketones (excluding diaryl/α,β-unsaturated/α-hetero) is 1. The standard InChI is InChI=1S/C12H10N2O5/c15-9(12(10(16)17)4-19-5-12)6-1-2-7-8(3-6)14-11(18)13-7/h1-3H,4-5H2,(H,16,17)(H2,13,14,18). The van der Waals surface area contributed by atoms with E-state index in [-0.39, 0.29) is 24.5 Å². The molecule has 7 nitrogen and oxygen atoms in total. The van der Waals surface area contributed by atoms with Gasteiger partial charge in [0.05, 0.1) is 24.2 Å². The number of aromatic nitrogens is 2. The van der Waals surface area contributed by atoms with Gasteiger partial charge < -0.3 is 19.8 Å². The first-order valence-corrected chi connectivity index (χ1v) is 5.61. The molecule has 1 aliphatic heterocycles. The number of fused-ring (bicyclic) bond motifs is 1.